The van der Waals surface area contributed by atoms with E-state index in [0.717, 1.165) is 16.5 Å². The van der Waals surface area contributed by atoms with Crippen molar-refractivity contribution in [3.05, 3.63) is 62.9 Å². The van der Waals surface area contributed by atoms with Gasteiger partial charge in [-0.15, -0.1) is 0 Å². The molecule has 0 amide bonds. The van der Waals surface area contributed by atoms with Crippen LogP contribution in [0.5, 0.6) is 0 Å². The molecule has 0 radical (unpaired) electrons. The van der Waals surface area contributed by atoms with Crippen LogP contribution in [0.1, 0.15) is 5.69 Å². The molecule has 2 aromatic rings. The lowest BCUT2D eigenvalue weighted by Gasteiger charge is -2.06. The summed E-state index contributed by atoms with van der Waals surface area (Å²) < 4.78 is 14.1. The number of aromatic nitrogens is 3. The number of halogens is 1. The van der Waals surface area contributed by atoms with Crippen LogP contribution in [0.15, 0.2) is 40.2 Å². The molecule has 7 heteroatoms. The van der Waals surface area contributed by atoms with E-state index in [1.54, 1.807) is 6.20 Å². The molecule has 0 spiro atoms. The van der Waals surface area contributed by atoms with Crippen molar-refractivity contribution in [3.63, 3.8) is 0 Å². The van der Waals surface area contributed by atoms with Crippen molar-refractivity contribution >= 4 is 0 Å². The SMILES string of the molecule is O=c1[nH]c(=O)n(CCNCc2ccccn2)cc1F. The molecule has 2 rings (SSSR count). The predicted octanol–water partition coefficient (Wildman–Crippen LogP) is -0.139. The van der Waals surface area contributed by atoms with Gasteiger partial charge >= 0.3 is 5.69 Å². The largest absolute Gasteiger partial charge is 0.328 e. The first-order valence-electron chi connectivity index (χ1n) is 5.77. The highest BCUT2D eigenvalue weighted by Gasteiger charge is 2.02. The molecule has 0 bridgehead atoms. The molecule has 19 heavy (non-hydrogen) atoms. The second kappa shape index (κ2) is 6.05. The first-order chi connectivity index (χ1) is 9.16. The van der Waals surface area contributed by atoms with Gasteiger partial charge in [-0.05, 0) is 12.1 Å². The molecular formula is C12H13FN4O2. The van der Waals surface area contributed by atoms with Gasteiger partial charge in [0.15, 0.2) is 0 Å². The zero-order valence-corrected chi connectivity index (χ0v) is 10.1. The standard InChI is InChI=1S/C12H13FN4O2/c13-10-8-17(12(19)16-11(10)18)6-5-14-7-9-3-1-2-4-15-9/h1-4,8,14H,5-7H2,(H,16,18,19). The van der Waals surface area contributed by atoms with Crippen molar-refractivity contribution in [3.8, 4) is 0 Å². The molecule has 0 aromatic carbocycles. The van der Waals surface area contributed by atoms with E-state index >= 15 is 0 Å². The summed E-state index contributed by atoms with van der Waals surface area (Å²) in [5.41, 5.74) is -0.740. The van der Waals surface area contributed by atoms with Crippen LogP contribution in [0.4, 0.5) is 4.39 Å². The summed E-state index contributed by atoms with van der Waals surface area (Å²) in [6, 6.07) is 5.58. The van der Waals surface area contributed by atoms with Crippen molar-refractivity contribution < 1.29 is 4.39 Å². The van der Waals surface area contributed by atoms with Crippen molar-refractivity contribution in [2.45, 2.75) is 13.1 Å². The highest BCUT2D eigenvalue weighted by molar-refractivity contribution is 5.02. The van der Waals surface area contributed by atoms with Crippen LogP contribution in [0, 0.1) is 5.82 Å². The zero-order valence-electron chi connectivity index (χ0n) is 10.1. The van der Waals surface area contributed by atoms with Crippen molar-refractivity contribution in [2.75, 3.05) is 6.54 Å². The summed E-state index contributed by atoms with van der Waals surface area (Å²) in [5, 5.41) is 3.07. The summed E-state index contributed by atoms with van der Waals surface area (Å²) in [7, 11) is 0. The van der Waals surface area contributed by atoms with Gasteiger partial charge in [-0.3, -0.25) is 19.3 Å². The highest BCUT2D eigenvalue weighted by Crippen LogP contribution is 1.91. The fourth-order valence-electron chi connectivity index (χ4n) is 1.57. The Morgan fingerprint density at radius 3 is 2.95 bits per heavy atom. The molecule has 0 unspecified atom stereocenters. The van der Waals surface area contributed by atoms with Gasteiger partial charge in [-0.1, -0.05) is 6.07 Å². The van der Waals surface area contributed by atoms with E-state index in [9.17, 15) is 14.0 Å². The Bertz CT molecular complexity index is 651. The summed E-state index contributed by atoms with van der Waals surface area (Å²) in [4.78, 5) is 28.2. The van der Waals surface area contributed by atoms with E-state index in [1.165, 1.54) is 0 Å². The summed E-state index contributed by atoms with van der Waals surface area (Å²) >= 11 is 0. The number of aromatic amines is 1. The van der Waals surface area contributed by atoms with E-state index in [2.05, 4.69) is 10.3 Å². The third-order valence-corrected chi connectivity index (χ3v) is 2.53. The smallest absolute Gasteiger partial charge is 0.309 e. The van der Waals surface area contributed by atoms with Gasteiger partial charge in [-0.2, -0.15) is 4.39 Å². The van der Waals surface area contributed by atoms with Crippen LogP contribution in [0.25, 0.3) is 0 Å². The molecule has 2 aromatic heterocycles. The second-order valence-electron chi connectivity index (χ2n) is 3.93. The molecule has 0 saturated heterocycles. The third kappa shape index (κ3) is 3.59. The van der Waals surface area contributed by atoms with Gasteiger partial charge in [0.2, 0.25) is 5.82 Å². The molecule has 2 N–H and O–H groups in total. The van der Waals surface area contributed by atoms with Gasteiger partial charge in [0.1, 0.15) is 0 Å². The van der Waals surface area contributed by atoms with Crippen LogP contribution >= 0.6 is 0 Å². The highest BCUT2D eigenvalue weighted by atomic mass is 19.1. The van der Waals surface area contributed by atoms with Gasteiger partial charge in [0.05, 0.1) is 11.9 Å². The second-order valence-corrected chi connectivity index (χ2v) is 3.93. The van der Waals surface area contributed by atoms with Crippen LogP contribution in [-0.4, -0.2) is 21.1 Å². The zero-order chi connectivity index (χ0) is 13.7. The van der Waals surface area contributed by atoms with Gasteiger partial charge in [0, 0.05) is 25.8 Å². The molecular weight excluding hydrogens is 251 g/mol. The maximum absolute atomic E-state index is 13.0. The summed E-state index contributed by atoms with van der Waals surface area (Å²) in [6.07, 6.45) is 2.60. The maximum Gasteiger partial charge on any atom is 0.328 e. The first-order valence-corrected chi connectivity index (χ1v) is 5.77. The van der Waals surface area contributed by atoms with Crippen molar-refractivity contribution in [1.29, 1.82) is 0 Å². The quantitative estimate of drug-likeness (QED) is 0.737. The van der Waals surface area contributed by atoms with Gasteiger partial charge in [-0.25, -0.2) is 4.79 Å². The molecule has 6 nitrogen and oxygen atoms in total. The lowest BCUT2D eigenvalue weighted by molar-refractivity contribution is 0.528. The van der Waals surface area contributed by atoms with E-state index in [4.69, 9.17) is 0 Å². The maximum atomic E-state index is 13.0. The number of rotatable bonds is 5. The van der Waals surface area contributed by atoms with Crippen LogP contribution in [0.3, 0.4) is 0 Å². The Labute approximate surface area is 107 Å². The average Bonchev–Trinajstić information content (AvgIpc) is 2.41. The first kappa shape index (κ1) is 13.2. The fourth-order valence-corrected chi connectivity index (χ4v) is 1.57. The average molecular weight is 264 g/mol. The third-order valence-electron chi connectivity index (χ3n) is 2.53. The number of pyridine rings is 1. The number of nitrogens with one attached hydrogen (secondary N) is 2. The topological polar surface area (TPSA) is 79.8 Å². The van der Waals surface area contributed by atoms with Gasteiger partial charge < -0.3 is 5.32 Å². The number of H-pyrrole nitrogens is 1. The molecule has 0 aliphatic heterocycles. The minimum atomic E-state index is -0.998. The summed E-state index contributed by atoms with van der Waals surface area (Å²) in [5.74, 6) is -0.968. The van der Waals surface area contributed by atoms with E-state index < -0.39 is 17.1 Å². The number of hydrogen-bond donors (Lipinski definition) is 2. The fraction of sp³-hybridized carbons (Fsp3) is 0.250. The minimum absolute atomic E-state index is 0.263. The van der Waals surface area contributed by atoms with Crippen molar-refractivity contribution in [1.82, 2.24) is 19.9 Å². The number of hydrogen-bond acceptors (Lipinski definition) is 4. The Hall–Kier alpha value is -2.28. The van der Waals surface area contributed by atoms with E-state index in [1.807, 2.05) is 23.2 Å². The van der Waals surface area contributed by atoms with Gasteiger partial charge in [0.25, 0.3) is 5.56 Å². The normalized spacial score (nSPS) is 10.6. The molecule has 0 aliphatic carbocycles. The molecule has 0 aliphatic rings. The predicted molar refractivity (Wildman–Crippen MR) is 67.2 cm³/mol. The molecule has 100 valence electrons. The Kier molecular flexibility index (Phi) is 4.19. The Balaban J connectivity index is 1.88. The molecule has 2 heterocycles. The Morgan fingerprint density at radius 1 is 1.37 bits per heavy atom. The molecule has 0 saturated carbocycles. The molecule has 0 fully saturated rings. The van der Waals surface area contributed by atoms with Crippen molar-refractivity contribution in [2.24, 2.45) is 0 Å². The lowest BCUT2D eigenvalue weighted by Crippen LogP contribution is -2.34. The van der Waals surface area contributed by atoms with Crippen LogP contribution < -0.4 is 16.6 Å². The monoisotopic (exact) mass is 264 g/mol. The number of nitrogens with zero attached hydrogens (tertiary/aromatic N) is 2. The minimum Gasteiger partial charge on any atom is -0.309 e. The van der Waals surface area contributed by atoms with Crippen LogP contribution in [0.2, 0.25) is 0 Å². The Morgan fingerprint density at radius 2 is 2.21 bits per heavy atom. The van der Waals surface area contributed by atoms with E-state index in [-0.39, 0.29) is 6.54 Å². The summed E-state index contributed by atoms with van der Waals surface area (Å²) in [6.45, 7) is 1.28. The molecule has 0 atom stereocenters. The van der Waals surface area contributed by atoms with E-state index in [0.29, 0.717) is 13.1 Å². The van der Waals surface area contributed by atoms with Crippen LogP contribution in [-0.2, 0) is 13.1 Å². The lowest BCUT2D eigenvalue weighted by atomic mass is 10.3.